The first-order valence-electron chi connectivity index (χ1n) is 6.79. The molecule has 0 aliphatic carbocycles. The van der Waals surface area contributed by atoms with Crippen LogP contribution in [0.3, 0.4) is 0 Å². The fourth-order valence-corrected chi connectivity index (χ4v) is 2.22. The van der Waals surface area contributed by atoms with E-state index in [2.05, 4.69) is 31.4 Å². The normalized spacial score (nSPS) is 13.4. The van der Waals surface area contributed by atoms with Crippen LogP contribution in [-0.2, 0) is 12.0 Å². The van der Waals surface area contributed by atoms with Gasteiger partial charge in [-0.15, -0.1) is 0 Å². The van der Waals surface area contributed by atoms with Crippen molar-refractivity contribution in [2.45, 2.75) is 45.7 Å². The molecule has 1 N–H and O–H groups in total. The molecule has 0 aliphatic rings. The van der Waals surface area contributed by atoms with Gasteiger partial charge in [-0.05, 0) is 24.6 Å². The van der Waals surface area contributed by atoms with Gasteiger partial charge in [0, 0.05) is 16.4 Å². The summed E-state index contributed by atoms with van der Waals surface area (Å²) in [5.41, 5.74) is 0.834. The Morgan fingerprint density at radius 2 is 2.10 bits per heavy atom. The van der Waals surface area contributed by atoms with E-state index in [1.165, 1.54) is 12.1 Å². The summed E-state index contributed by atoms with van der Waals surface area (Å²) >= 11 is 3.35. The van der Waals surface area contributed by atoms with E-state index in [0.29, 0.717) is 18.3 Å². The maximum absolute atomic E-state index is 13.0. The van der Waals surface area contributed by atoms with E-state index >= 15 is 0 Å². The molecule has 4 nitrogen and oxygen atoms in total. The smallest absolute Gasteiger partial charge is 0.243 e. The van der Waals surface area contributed by atoms with Gasteiger partial charge in [-0.3, -0.25) is 0 Å². The van der Waals surface area contributed by atoms with Crippen LogP contribution >= 0.6 is 15.9 Å². The molecule has 114 valence electrons. The van der Waals surface area contributed by atoms with Crippen LogP contribution in [0.25, 0.3) is 0 Å². The van der Waals surface area contributed by atoms with Crippen LogP contribution in [0.1, 0.15) is 51.0 Å². The Morgan fingerprint density at radius 1 is 1.38 bits per heavy atom. The first kappa shape index (κ1) is 16.1. The second kappa shape index (κ2) is 6.23. The summed E-state index contributed by atoms with van der Waals surface area (Å²) in [6.45, 7) is 8.65. The van der Waals surface area contributed by atoms with Crippen LogP contribution in [0.5, 0.6) is 0 Å². The van der Waals surface area contributed by atoms with E-state index in [-0.39, 0.29) is 17.3 Å². The molecular weight excluding hydrogens is 337 g/mol. The molecule has 0 saturated heterocycles. The zero-order valence-electron chi connectivity index (χ0n) is 12.6. The standard InChI is InChI=1S/C15H19BrFN3O/c1-9(13-19-14(20-21-13)15(2,3)4)18-8-10-5-6-11(17)7-12(10)16/h5-7,9,18H,8H2,1-4H3. The number of nitrogens with zero attached hydrogens (tertiary/aromatic N) is 2. The lowest BCUT2D eigenvalue weighted by Gasteiger charge is -2.12. The first-order valence-corrected chi connectivity index (χ1v) is 7.58. The van der Waals surface area contributed by atoms with Gasteiger partial charge >= 0.3 is 0 Å². The molecule has 1 aromatic heterocycles. The van der Waals surface area contributed by atoms with Crippen LogP contribution in [0.2, 0.25) is 0 Å². The Bertz CT molecular complexity index is 622. The van der Waals surface area contributed by atoms with E-state index in [1.807, 2.05) is 27.7 Å². The number of benzene rings is 1. The Labute approximate surface area is 132 Å². The van der Waals surface area contributed by atoms with Crippen molar-refractivity contribution < 1.29 is 8.91 Å². The monoisotopic (exact) mass is 355 g/mol. The van der Waals surface area contributed by atoms with E-state index in [4.69, 9.17) is 4.52 Å². The maximum atomic E-state index is 13.0. The molecule has 0 fully saturated rings. The van der Waals surface area contributed by atoms with E-state index in [1.54, 1.807) is 6.07 Å². The molecule has 1 atom stereocenters. The lowest BCUT2D eigenvalue weighted by atomic mass is 9.96. The number of hydrogen-bond acceptors (Lipinski definition) is 4. The van der Waals surface area contributed by atoms with E-state index < -0.39 is 0 Å². The van der Waals surface area contributed by atoms with Gasteiger partial charge in [-0.25, -0.2) is 4.39 Å². The van der Waals surface area contributed by atoms with Crippen molar-refractivity contribution in [1.29, 1.82) is 0 Å². The second-order valence-corrected chi connectivity index (χ2v) is 6.90. The quantitative estimate of drug-likeness (QED) is 0.895. The molecule has 0 amide bonds. The Kier molecular flexibility index (Phi) is 4.78. The van der Waals surface area contributed by atoms with Gasteiger partial charge in [0.25, 0.3) is 0 Å². The first-order chi connectivity index (χ1) is 9.77. The number of hydrogen-bond donors (Lipinski definition) is 1. The van der Waals surface area contributed by atoms with Crippen LogP contribution in [0.15, 0.2) is 27.2 Å². The van der Waals surface area contributed by atoms with Gasteiger partial charge < -0.3 is 9.84 Å². The molecule has 2 aromatic rings. The highest BCUT2D eigenvalue weighted by molar-refractivity contribution is 9.10. The maximum Gasteiger partial charge on any atom is 0.243 e. The fraction of sp³-hybridized carbons (Fsp3) is 0.467. The average molecular weight is 356 g/mol. The fourth-order valence-electron chi connectivity index (χ4n) is 1.73. The average Bonchev–Trinajstić information content (AvgIpc) is 2.87. The van der Waals surface area contributed by atoms with Crippen LogP contribution in [-0.4, -0.2) is 10.1 Å². The van der Waals surface area contributed by atoms with Crippen molar-refractivity contribution in [3.8, 4) is 0 Å². The zero-order valence-corrected chi connectivity index (χ0v) is 14.2. The van der Waals surface area contributed by atoms with Crippen LogP contribution in [0.4, 0.5) is 4.39 Å². The zero-order chi connectivity index (χ0) is 15.6. The lowest BCUT2D eigenvalue weighted by Crippen LogP contribution is -2.19. The van der Waals surface area contributed by atoms with Gasteiger partial charge in [0.2, 0.25) is 5.89 Å². The van der Waals surface area contributed by atoms with Gasteiger partial charge in [0.05, 0.1) is 6.04 Å². The molecule has 0 aliphatic heterocycles. The number of aromatic nitrogens is 2. The second-order valence-electron chi connectivity index (χ2n) is 6.04. The molecule has 1 heterocycles. The number of rotatable bonds is 4. The molecule has 0 spiro atoms. The van der Waals surface area contributed by atoms with Gasteiger partial charge in [0.1, 0.15) is 5.82 Å². The predicted octanol–water partition coefficient (Wildman–Crippen LogP) is 4.12. The minimum Gasteiger partial charge on any atom is -0.338 e. The van der Waals surface area contributed by atoms with Gasteiger partial charge in [-0.2, -0.15) is 4.98 Å². The summed E-state index contributed by atoms with van der Waals surface area (Å²) in [4.78, 5) is 4.42. The molecule has 1 unspecified atom stereocenters. The highest BCUT2D eigenvalue weighted by Crippen LogP contribution is 2.22. The molecular formula is C15H19BrFN3O. The molecule has 6 heteroatoms. The summed E-state index contributed by atoms with van der Waals surface area (Å²) in [5, 5.41) is 7.30. The Morgan fingerprint density at radius 3 is 2.67 bits per heavy atom. The summed E-state index contributed by atoms with van der Waals surface area (Å²) in [6, 6.07) is 4.56. The molecule has 0 bridgehead atoms. The van der Waals surface area contributed by atoms with Gasteiger partial charge in [-0.1, -0.05) is 47.9 Å². The van der Waals surface area contributed by atoms with Crippen molar-refractivity contribution in [2.24, 2.45) is 0 Å². The van der Waals surface area contributed by atoms with E-state index in [9.17, 15) is 4.39 Å². The van der Waals surface area contributed by atoms with Crippen molar-refractivity contribution in [3.63, 3.8) is 0 Å². The third-order valence-corrected chi connectivity index (χ3v) is 3.83. The molecule has 2 rings (SSSR count). The largest absolute Gasteiger partial charge is 0.338 e. The molecule has 21 heavy (non-hydrogen) atoms. The van der Waals surface area contributed by atoms with Crippen molar-refractivity contribution in [2.75, 3.05) is 0 Å². The lowest BCUT2D eigenvalue weighted by molar-refractivity contribution is 0.330. The Balaban J connectivity index is 2.01. The SMILES string of the molecule is CC(NCc1ccc(F)cc1Br)c1nc(C(C)(C)C)no1. The van der Waals surface area contributed by atoms with Crippen LogP contribution in [0, 0.1) is 5.82 Å². The summed E-state index contributed by atoms with van der Waals surface area (Å²) in [6.07, 6.45) is 0. The molecule has 0 radical (unpaired) electrons. The summed E-state index contributed by atoms with van der Waals surface area (Å²) < 4.78 is 19.1. The van der Waals surface area contributed by atoms with Crippen molar-refractivity contribution in [3.05, 3.63) is 45.8 Å². The topological polar surface area (TPSA) is 51.0 Å². The number of halogens is 2. The van der Waals surface area contributed by atoms with Gasteiger partial charge in [0.15, 0.2) is 5.82 Å². The minimum atomic E-state index is -0.259. The summed E-state index contributed by atoms with van der Waals surface area (Å²) in [5.74, 6) is 0.984. The number of nitrogens with one attached hydrogen (secondary N) is 1. The van der Waals surface area contributed by atoms with Crippen molar-refractivity contribution in [1.82, 2.24) is 15.5 Å². The highest BCUT2D eigenvalue weighted by atomic mass is 79.9. The minimum absolute atomic E-state index is 0.0782. The Hall–Kier alpha value is -1.27. The summed E-state index contributed by atoms with van der Waals surface area (Å²) in [7, 11) is 0. The van der Waals surface area contributed by atoms with Crippen LogP contribution < -0.4 is 5.32 Å². The van der Waals surface area contributed by atoms with E-state index in [0.717, 1.165) is 10.0 Å². The molecule has 1 aromatic carbocycles. The third kappa shape index (κ3) is 4.11. The van der Waals surface area contributed by atoms with Crippen molar-refractivity contribution >= 4 is 15.9 Å². The highest BCUT2D eigenvalue weighted by Gasteiger charge is 2.23. The third-order valence-electron chi connectivity index (χ3n) is 3.10. The molecule has 0 saturated carbocycles. The predicted molar refractivity (Wildman–Crippen MR) is 82.4 cm³/mol.